The summed E-state index contributed by atoms with van der Waals surface area (Å²) >= 11 is 0. The van der Waals surface area contributed by atoms with Crippen LogP contribution in [0.15, 0.2) is 75.7 Å². The van der Waals surface area contributed by atoms with Crippen molar-refractivity contribution in [2.45, 2.75) is 25.8 Å². The minimum atomic E-state index is -1.31. The first-order chi connectivity index (χ1) is 24.3. The summed E-state index contributed by atoms with van der Waals surface area (Å²) in [6.07, 6.45) is 1.27. The molecular weight excluding hydrogens is 666 g/mol. The highest BCUT2D eigenvalue weighted by molar-refractivity contribution is 5.92. The van der Waals surface area contributed by atoms with Crippen molar-refractivity contribution in [3.05, 3.63) is 93.1 Å². The van der Waals surface area contributed by atoms with E-state index in [4.69, 9.17) is 29.2 Å². The van der Waals surface area contributed by atoms with Gasteiger partial charge < -0.3 is 44.7 Å². The van der Waals surface area contributed by atoms with Crippen molar-refractivity contribution < 1.29 is 53.8 Å². The van der Waals surface area contributed by atoms with Crippen LogP contribution >= 0.6 is 0 Å². The third-order valence-electron chi connectivity index (χ3n) is 7.80. The zero-order valence-electron chi connectivity index (χ0n) is 28.2. The van der Waals surface area contributed by atoms with Gasteiger partial charge in [0.2, 0.25) is 17.1 Å². The Hall–Kier alpha value is -6.64. The van der Waals surface area contributed by atoms with E-state index in [1.165, 1.54) is 32.2 Å². The SMILES string of the molecule is COc1cc2c(c(OC)c1OC)-c1ccc(OC)c(=O)cc1[C@@H](NC(C)=O)CC2.O=C(O)c1cc(N=Nc2ccc(O)c(C(=O)O)c2)ccc1O. The Labute approximate surface area is 291 Å². The van der Waals surface area contributed by atoms with Crippen LogP contribution in [0, 0.1) is 0 Å². The Kier molecular flexibility index (Phi) is 11.8. The lowest BCUT2D eigenvalue weighted by molar-refractivity contribution is -0.119. The molecule has 0 fully saturated rings. The number of nitrogens with one attached hydrogen (secondary N) is 1. The second kappa shape index (κ2) is 16.2. The monoisotopic (exact) mass is 701 g/mol. The van der Waals surface area contributed by atoms with Crippen molar-refractivity contribution in [2.24, 2.45) is 10.2 Å². The lowest BCUT2D eigenvalue weighted by atomic mass is 9.95. The molecule has 0 aromatic heterocycles. The number of hydrogen-bond donors (Lipinski definition) is 5. The van der Waals surface area contributed by atoms with Crippen LogP contribution in [0.1, 0.15) is 51.2 Å². The Balaban J connectivity index is 0.000000238. The van der Waals surface area contributed by atoms with Gasteiger partial charge in [-0.3, -0.25) is 9.59 Å². The predicted molar refractivity (Wildman–Crippen MR) is 184 cm³/mol. The van der Waals surface area contributed by atoms with Gasteiger partial charge in [0, 0.05) is 12.5 Å². The number of benzene rings is 3. The molecule has 0 saturated carbocycles. The van der Waals surface area contributed by atoms with Crippen LogP contribution in [0.25, 0.3) is 11.1 Å². The number of aromatic carboxylic acids is 2. The first-order valence-electron chi connectivity index (χ1n) is 15.2. The van der Waals surface area contributed by atoms with Crippen molar-refractivity contribution in [2.75, 3.05) is 28.4 Å². The minimum absolute atomic E-state index is 0.167. The molecule has 1 amide bonds. The number of carboxylic acids is 2. The van der Waals surface area contributed by atoms with Crippen LogP contribution in [-0.4, -0.2) is 66.7 Å². The molecule has 1 atom stereocenters. The van der Waals surface area contributed by atoms with Crippen LogP contribution in [-0.2, 0) is 11.2 Å². The van der Waals surface area contributed by atoms with Gasteiger partial charge in [0.15, 0.2) is 17.2 Å². The molecule has 0 saturated heterocycles. The van der Waals surface area contributed by atoms with E-state index in [1.54, 1.807) is 27.4 Å². The van der Waals surface area contributed by atoms with E-state index < -0.39 is 23.4 Å². The first-order valence-corrected chi connectivity index (χ1v) is 15.2. The van der Waals surface area contributed by atoms with Crippen LogP contribution in [0.4, 0.5) is 11.4 Å². The van der Waals surface area contributed by atoms with Gasteiger partial charge >= 0.3 is 11.9 Å². The number of methoxy groups -OCH3 is 4. The molecule has 5 N–H and O–H groups in total. The summed E-state index contributed by atoms with van der Waals surface area (Å²) in [6, 6.07) is 13.8. The summed E-state index contributed by atoms with van der Waals surface area (Å²) in [5.74, 6) is -1.82. The summed E-state index contributed by atoms with van der Waals surface area (Å²) in [6.45, 7) is 1.46. The molecule has 5 rings (SSSR count). The van der Waals surface area contributed by atoms with Gasteiger partial charge in [-0.05, 0) is 84.1 Å². The summed E-state index contributed by atoms with van der Waals surface area (Å²) in [7, 11) is 6.14. The maximum atomic E-state index is 12.6. The van der Waals surface area contributed by atoms with Crippen molar-refractivity contribution in [3.63, 3.8) is 0 Å². The smallest absolute Gasteiger partial charge is 0.339 e. The highest BCUT2D eigenvalue weighted by Gasteiger charge is 2.29. The van der Waals surface area contributed by atoms with Crippen LogP contribution in [0.5, 0.6) is 34.5 Å². The second-order valence-electron chi connectivity index (χ2n) is 11.0. The Bertz CT molecular complexity index is 2010. The molecule has 0 radical (unpaired) electrons. The minimum Gasteiger partial charge on any atom is -0.507 e. The number of carbonyl (C=O) groups is 3. The number of ether oxygens (including phenoxy) is 4. The standard InChI is InChI=1S/C22H25NO6.C14H10N2O6/c1-12(24)23-16-8-6-13-10-19(27-3)21(28-4)22(29-5)20(13)14-7-9-18(26-2)17(25)11-15(14)16;17-11-3-1-7(5-9(11)13(19)20)15-16-8-2-4-12(18)10(6-8)14(21)22/h7,9-11,16H,6,8H2,1-5H3,(H,23,24);1-6,17-18H,(H,19,20)(H,21,22)/t16-;/m0./s1. The summed E-state index contributed by atoms with van der Waals surface area (Å²) in [5.41, 5.74) is 2.69. The summed E-state index contributed by atoms with van der Waals surface area (Å²) in [4.78, 5) is 46.2. The first kappa shape index (κ1) is 37.2. The Morgan fingerprint density at radius 2 is 1.27 bits per heavy atom. The number of aryl methyl sites for hydroxylation is 1. The Morgan fingerprint density at radius 3 is 1.75 bits per heavy atom. The zero-order chi connectivity index (χ0) is 37.4. The van der Waals surface area contributed by atoms with Crippen LogP contribution in [0.2, 0.25) is 0 Å². The molecule has 266 valence electrons. The third-order valence-corrected chi connectivity index (χ3v) is 7.80. The van der Waals surface area contributed by atoms with Gasteiger partial charge in [0.1, 0.15) is 22.6 Å². The molecule has 0 bridgehead atoms. The number of azo groups is 1. The lowest BCUT2D eigenvalue weighted by Gasteiger charge is -2.19. The average Bonchev–Trinajstić information content (AvgIpc) is 3.35. The van der Waals surface area contributed by atoms with Gasteiger partial charge in [-0.1, -0.05) is 6.07 Å². The number of phenols is 2. The quantitative estimate of drug-likeness (QED) is 0.131. The molecule has 0 aliphatic heterocycles. The highest BCUT2D eigenvalue weighted by atomic mass is 16.5. The number of amides is 1. The van der Waals surface area contributed by atoms with E-state index in [9.17, 15) is 29.4 Å². The molecule has 0 heterocycles. The molecule has 0 unspecified atom stereocenters. The van der Waals surface area contributed by atoms with Crippen LogP contribution in [0.3, 0.4) is 0 Å². The maximum absolute atomic E-state index is 12.6. The number of nitrogens with zero attached hydrogens (tertiary/aromatic N) is 2. The average molecular weight is 702 g/mol. The molecule has 15 heteroatoms. The fraction of sp³-hybridized carbons (Fsp3) is 0.222. The van der Waals surface area contributed by atoms with Gasteiger partial charge in [0.05, 0.1) is 45.9 Å². The van der Waals surface area contributed by atoms with Gasteiger partial charge in [-0.2, -0.15) is 10.2 Å². The number of carboxylic acid groups (broad SMARTS) is 2. The number of fused-ring (bicyclic) bond motifs is 3. The molecule has 4 aromatic rings. The molecule has 1 aliphatic rings. The van der Waals surface area contributed by atoms with Crippen molar-refractivity contribution in [1.29, 1.82) is 0 Å². The van der Waals surface area contributed by atoms with Crippen LogP contribution < -0.4 is 29.7 Å². The van der Waals surface area contributed by atoms with E-state index >= 15 is 0 Å². The third kappa shape index (κ3) is 8.33. The van der Waals surface area contributed by atoms with E-state index in [0.717, 1.165) is 41.0 Å². The largest absolute Gasteiger partial charge is 0.507 e. The maximum Gasteiger partial charge on any atom is 0.339 e. The normalized spacial score (nSPS) is 13.0. The predicted octanol–water partition coefficient (Wildman–Crippen LogP) is 5.78. The van der Waals surface area contributed by atoms with E-state index in [1.807, 2.05) is 12.1 Å². The Morgan fingerprint density at radius 1 is 0.725 bits per heavy atom. The summed E-state index contributed by atoms with van der Waals surface area (Å²) in [5, 5.41) is 47.0. The number of rotatable bonds is 9. The second-order valence-corrected chi connectivity index (χ2v) is 11.0. The van der Waals surface area contributed by atoms with Gasteiger partial charge in [-0.25, -0.2) is 9.59 Å². The van der Waals surface area contributed by atoms with E-state index in [-0.39, 0.29) is 45.6 Å². The van der Waals surface area contributed by atoms with E-state index in [0.29, 0.717) is 35.7 Å². The van der Waals surface area contributed by atoms with Crippen molar-refractivity contribution >= 4 is 29.2 Å². The molecule has 4 aromatic carbocycles. The number of aromatic hydroxyl groups is 2. The lowest BCUT2D eigenvalue weighted by Crippen LogP contribution is -2.26. The fourth-order valence-corrected chi connectivity index (χ4v) is 5.49. The molecule has 51 heavy (non-hydrogen) atoms. The fourth-order valence-electron chi connectivity index (χ4n) is 5.49. The molecule has 0 spiro atoms. The summed E-state index contributed by atoms with van der Waals surface area (Å²) < 4.78 is 22.0. The van der Waals surface area contributed by atoms with Crippen molar-refractivity contribution in [1.82, 2.24) is 5.32 Å². The molecular formula is C36H35N3O12. The number of carbonyl (C=O) groups excluding carboxylic acids is 1. The van der Waals surface area contributed by atoms with E-state index in [2.05, 4.69) is 15.5 Å². The van der Waals surface area contributed by atoms with Gasteiger partial charge in [0.25, 0.3) is 0 Å². The topological polar surface area (TPSA) is 223 Å². The van der Waals surface area contributed by atoms with Gasteiger partial charge in [-0.15, -0.1) is 0 Å². The number of hydrogen-bond acceptors (Lipinski definition) is 12. The zero-order valence-corrected chi connectivity index (χ0v) is 28.2. The highest BCUT2D eigenvalue weighted by Crippen LogP contribution is 2.50. The molecule has 15 nitrogen and oxygen atoms in total. The molecule has 1 aliphatic carbocycles. The van der Waals surface area contributed by atoms with Crippen molar-refractivity contribution in [3.8, 4) is 45.6 Å².